The molecule has 1 heterocycles. The summed E-state index contributed by atoms with van der Waals surface area (Å²) in [5.74, 6) is 0. The highest BCUT2D eigenvalue weighted by Gasteiger charge is 2.44. The molecule has 1 unspecified atom stereocenters. The zero-order valence-corrected chi connectivity index (χ0v) is 30.6. The molecule has 0 spiro atoms. The summed E-state index contributed by atoms with van der Waals surface area (Å²) in [5.41, 5.74) is 15.0. The lowest BCUT2D eigenvalue weighted by Crippen LogP contribution is -2.53. The largest absolute Gasteiger partial charge is 0.388 e. The quantitative estimate of drug-likeness (QED) is 0.165. The summed E-state index contributed by atoms with van der Waals surface area (Å²) >= 11 is 0. The first kappa shape index (κ1) is 34.2. The predicted octanol–water partition coefficient (Wildman–Crippen LogP) is 11.4. The summed E-state index contributed by atoms with van der Waals surface area (Å²) in [7, 11) is 0. The minimum absolute atomic E-state index is 0.256. The molecule has 3 heteroatoms. The van der Waals surface area contributed by atoms with Crippen LogP contribution in [0, 0.1) is 20.8 Å². The van der Waals surface area contributed by atoms with E-state index in [1.807, 2.05) is 0 Å². The van der Waals surface area contributed by atoms with Gasteiger partial charge in [-0.05, 0) is 97.0 Å². The molecule has 6 aromatic carbocycles. The van der Waals surface area contributed by atoms with E-state index < -0.39 is 12.5 Å². The fourth-order valence-corrected chi connectivity index (χ4v) is 7.81. The molecule has 0 saturated heterocycles. The third kappa shape index (κ3) is 6.93. The zero-order valence-electron chi connectivity index (χ0n) is 30.6. The van der Waals surface area contributed by atoms with Gasteiger partial charge in [-0.1, -0.05) is 180 Å². The third-order valence-corrected chi connectivity index (χ3v) is 9.85. The normalized spacial score (nSPS) is 18.7. The van der Waals surface area contributed by atoms with Crippen LogP contribution in [-0.4, -0.2) is 17.5 Å². The molecule has 252 valence electrons. The molecule has 7 rings (SSSR count). The van der Waals surface area contributed by atoms with Crippen molar-refractivity contribution >= 4 is 34.6 Å². The van der Waals surface area contributed by atoms with Crippen molar-refractivity contribution < 1.29 is 4.76 Å². The second-order valence-corrected chi connectivity index (χ2v) is 14.6. The molecule has 0 N–H and O–H groups in total. The van der Waals surface area contributed by atoms with Crippen molar-refractivity contribution in [1.29, 1.82) is 0 Å². The maximum absolute atomic E-state index is 7.81. The summed E-state index contributed by atoms with van der Waals surface area (Å²) in [4.78, 5) is 0. The standard InChI is InChI=1S/C48H46BNO/c1-34-32-35(2)45(36(3)33-34)49-46(40-28-18-10-19-29-40)43(38-24-14-8-15-25-38)42(37-22-12-7-13-23-37)44(39-26-16-9-17-27-39)47(41-30-20-11-21-31-41)50(51-49)48(4,5)6/h7-33,47H,1-6H3/b44-42-,46-43-. The summed E-state index contributed by atoms with van der Waals surface area (Å²) < 4.78 is 7.81. The van der Waals surface area contributed by atoms with Crippen LogP contribution in [0.4, 0.5) is 0 Å². The third-order valence-electron chi connectivity index (χ3n) is 9.85. The van der Waals surface area contributed by atoms with Crippen LogP contribution in [0.5, 0.6) is 0 Å². The van der Waals surface area contributed by atoms with E-state index in [9.17, 15) is 0 Å². The summed E-state index contributed by atoms with van der Waals surface area (Å²) in [5, 5.41) is 2.29. The first-order valence-corrected chi connectivity index (χ1v) is 18.0. The van der Waals surface area contributed by atoms with Gasteiger partial charge in [-0.2, -0.15) is 5.06 Å². The van der Waals surface area contributed by atoms with Gasteiger partial charge in [0.1, 0.15) is 0 Å². The van der Waals surface area contributed by atoms with Crippen molar-refractivity contribution in [3.63, 3.8) is 0 Å². The SMILES string of the molecule is Cc1cc(C)c(B2ON(C(C)(C)C)C(c3ccccc3)/C(c3ccccc3)=C(c3ccccc3)\C(c3ccccc3)=C/2c2ccccc2)c(C)c1. The minimum Gasteiger partial charge on any atom is -0.346 e. The van der Waals surface area contributed by atoms with Crippen molar-refractivity contribution in [3.8, 4) is 0 Å². The van der Waals surface area contributed by atoms with Crippen molar-refractivity contribution in [2.24, 2.45) is 0 Å². The summed E-state index contributed by atoms with van der Waals surface area (Å²) in [6.07, 6.45) is 0. The zero-order chi connectivity index (χ0) is 35.5. The lowest BCUT2D eigenvalue weighted by molar-refractivity contribution is -0.147. The van der Waals surface area contributed by atoms with Gasteiger partial charge >= 0.3 is 6.92 Å². The van der Waals surface area contributed by atoms with Crippen LogP contribution >= 0.6 is 0 Å². The molecular weight excluding hydrogens is 617 g/mol. The highest BCUT2D eigenvalue weighted by molar-refractivity contribution is 6.88. The molecule has 1 aliphatic heterocycles. The number of hydroxylamine groups is 2. The lowest BCUT2D eigenvalue weighted by atomic mass is 9.48. The molecule has 1 aliphatic rings. The number of benzene rings is 6. The molecule has 0 bridgehead atoms. The Morgan fingerprint density at radius 3 is 1.39 bits per heavy atom. The molecule has 51 heavy (non-hydrogen) atoms. The molecule has 6 aromatic rings. The monoisotopic (exact) mass is 663 g/mol. The number of aryl methyl sites for hydroxylation is 3. The Labute approximate surface area is 304 Å². The van der Waals surface area contributed by atoms with E-state index in [0.717, 1.165) is 27.7 Å². The number of nitrogens with zero attached hydrogens (tertiary/aromatic N) is 1. The Morgan fingerprint density at radius 2 is 0.922 bits per heavy atom. The van der Waals surface area contributed by atoms with Crippen LogP contribution in [0.25, 0.3) is 22.2 Å². The first-order chi connectivity index (χ1) is 24.7. The van der Waals surface area contributed by atoms with Gasteiger partial charge in [0.25, 0.3) is 0 Å². The molecule has 0 radical (unpaired) electrons. The summed E-state index contributed by atoms with van der Waals surface area (Å²) in [6, 6.07) is 59.0. The van der Waals surface area contributed by atoms with E-state index >= 15 is 0 Å². The van der Waals surface area contributed by atoms with E-state index in [1.165, 1.54) is 44.4 Å². The predicted molar refractivity (Wildman–Crippen MR) is 217 cm³/mol. The number of allylic oxidation sites excluding steroid dienone is 2. The van der Waals surface area contributed by atoms with E-state index in [2.05, 4.69) is 210 Å². The number of hydrogen-bond donors (Lipinski definition) is 0. The maximum atomic E-state index is 7.81. The molecule has 0 fully saturated rings. The number of hydrogen-bond acceptors (Lipinski definition) is 2. The van der Waals surface area contributed by atoms with E-state index in [-0.39, 0.29) is 6.04 Å². The molecule has 0 saturated carbocycles. The molecule has 2 nitrogen and oxygen atoms in total. The van der Waals surface area contributed by atoms with Gasteiger partial charge in [-0.25, -0.2) is 0 Å². The lowest BCUT2D eigenvalue weighted by Gasteiger charge is -2.46. The topological polar surface area (TPSA) is 12.5 Å². The van der Waals surface area contributed by atoms with Crippen LogP contribution in [0.1, 0.15) is 71.3 Å². The van der Waals surface area contributed by atoms with Crippen molar-refractivity contribution in [2.45, 2.75) is 53.1 Å². The van der Waals surface area contributed by atoms with Gasteiger partial charge in [0, 0.05) is 5.54 Å². The van der Waals surface area contributed by atoms with Crippen molar-refractivity contribution in [2.75, 3.05) is 0 Å². The second-order valence-electron chi connectivity index (χ2n) is 14.6. The summed E-state index contributed by atoms with van der Waals surface area (Å²) in [6.45, 7) is 13.0. The van der Waals surface area contributed by atoms with Gasteiger partial charge in [0.2, 0.25) is 0 Å². The van der Waals surface area contributed by atoms with Gasteiger partial charge in [0.05, 0.1) is 6.04 Å². The Morgan fingerprint density at radius 1 is 0.510 bits per heavy atom. The molecular formula is C48H46BNO. The van der Waals surface area contributed by atoms with Gasteiger partial charge < -0.3 is 4.76 Å². The van der Waals surface area contributed by atoms with Crippen LogP contribution in [0.2, 0.25) is 0 Å². The fraction of sp³-hybridized carbons (Fsp3) is 0.167. The highest BCUT2D eigenvalue weighted by atomic mass is 16.7. The van der Waals surface area contributed by atoms with Crippen LogP contribution in [0.3, 0.4) is 0 Å². The number of rotatable bonds is 6. The Bertz CT molecular complexity index is 2140. The molecule has 0 aromatic heterocycles. The van der Waals surface area contributed by atoms with Crippen LogP contribution in [0.15, 0.2) is 164 Å². The van der Waals surface area contributed by atoms with Crippen LogP contribution in [-0.2, 0) is 4.76 Å². The maximum Gasteiger partial charge on any atom is 0.388 e. The molecule has 0 aliphatic carbocycles. The van der Waals surface area contributed by atoms with Gasteiger partial charge in [-0.3, -0.25) is 0 Å². The van der Waals surface area contributed by atoms with E-state index in [0.29, 0.717) is 0 Å². The van der Waals surface area contributed by atoms with E-state index in [1.54, 1.807) is 0 Å². The van der Waals surface area contributed by atoms with Crippen LogP contribution < -0.4 is 5.46 Å². The average Bonchev–Trinajstić information content (AvgIpc) is 3.13. The van der Waals surface area contributed by atoms with E-state index in [4.69, 9.17) is 4.76 Å². The molecule has 0 amide bonds. The first-order valence-electron chi connectivity index (χ1n) is 18.0. The Kier molecular flexibility index (Phi) is 9.78. The fourth-order valence-electron chi connectivity index (χ4n) is 7.81. The average molecular weight is 664 g/mol. The Balaban J connectivity index is 1.78. The smallest absolute Gasteiger partial charge is 0.346 e. The highest BCUT2D eigenvalue weighted by Crippen LogP contribution is 2.51. The van der Waals surface area contributed by atoms with Gasteiger partial charge in [-0.15, -0.1) is 0 Å². The second kappa shape index (κ2) is 14.6. The minimum atomic E-state index is -0.426. The van der Waals surface area contributed by atoms with Gasteiger partial charge in [0.15, 0.2) is 0 Å². The Hall–Kier alpha value is -5.22. The van der Waals surface area contributed by atoms with Crippen molar-refractivity contribution in [1.82, 2.24) is 5.06 Å². The molecule has 1 atom stereocenters. The van der Waals surface area contributed by atoms with Crippen molar-refractivity contribution in [3.05, 3.63) is 208 Å².